The highest BCUT2D eigenvalue weighted by Gasteiger charge is 2.13. The first-order valence-electron chi connectivity index (χ1n) is 5.77. The smallest absolute Gasteiger partial charge is 0.00186 e. The van der Waals surface area contributed by atoms with Crippen molar-refractivity contribution < 1.29 is 0 Å². The van der Waals surface area contributed by atoms with E-state index in [0.717, 1.165) is 13.1 Å². The van der Waals surface area contributed by atoms with Crippen molar-refractivity contribution >= 4 is 0 Å². The van der Waals surface area contributed by atoms with E-state index in [4.69, 9.17) is 5.73 Å². The molecule has 0 bridgehead atoms. The lowest BCUT2D eigenvalue weighted by Crippen LogP contribution is -2.31. The molecule has 2 heteroatoms. The third kappa shape index (κ3) is 7.34. The molecule has 0 spiro atoms. The minimum Gasteiger partial charge on any atom is -0.330 e. The van der Waals surface area contributed by atoms with Gasteiger partial charge in [-0.3, -0.25) is 0 Å². The molecule has 0 fully saturated rings. The van der Waals surface area contributed by atoms with E-state index in [1.807, 2.05) is 0 Å². The second kappa shape index (κ2) is 6.41. The second-order valence-corrected chi connectivity index (χ2v) is 5.58. The van der Waals surface area contributed by atoms with E-state index in [0.29, 0.717) is 11.3 Å². The number of nitrogens with two attached hydrogens (primary N) is 1. The van der Waals surface area contributed by atoms with Crippen LogP contribution in [0.1, 0.15) is 40.5 Å². The zero-order valence-electron chi connectivity index (χ0n) is 10.6. The van der Waals surface area contributed by atoms with Gasteiger partial charge in [-0.2, -0.15) is 0 Å². The number of rotatable bonds is 6. The Morgan fingerprint density at radius 1 is 1.29 bits per heavy atom. The molecule has 1 atom stereocenters. The number of hydrogen-bond acceptors (Lipinski definition) is 2. The van der Waals surface area contributed by atoms with Gasteiger partial charge in [-0.05, 0) is 37.9 Å². The van der Waals surface area contributed by atoms with E-state index in [-0.39, 0.29) is 0 Å². The lowest BCUT2D eigenvalue weighted by Gasteiger charge is -2.26. The Hall–Kier alpha value is -0.0800. The quantitative estimate of drug-likeness (QED) is 0.713. The van der Waals surface area contributed by atoms with Crippen molar-refractivity contribution in [1.29, 1.82) is 0 Å². The van der Waals surface area contributed by atoms with Crippen LogP contribution in [0.2, 0.25) is 0 Å². The Labute approximate surface area is 89.9 Å². The molecule has 0 aliphatic carbocycles. The molecule has 0 aliphatic heterocycles. The van der Waals surface area contributed by atoms with Crippen molar-refractivity contribution in [2.75, 3.05) is 26.7 Å². The minimum absolute atomic E-state index is 0.443. The minimum atomic E-state index is 0.443. The second-order valence-electron chi connectivity index (χ2n) is 5.58. The lowest BCUT2D eigenvalue weighted by atomic mass is 9.92. The van der Waals surface area contributed by atoms with E-state index in [2.05, 4.69) is 39.6 Å². The van der Waals surface area contributed by atoms with Gasteiger partial charge in [0.1, 0.15) is 0 Å². The van der Waals surface area contributed by atoms with Gasteiger partial charge in [0, 0.05) is 6.54 Å². The van der Waals surface area contributed by atoms with Gasteiger partial charge < -0.3 is 10.6 Å². The fourth-order valence-electron chi connectivity index (χ4n) is 1.43. The zero-order valence-corrected chi connectivity index (χ0v) is 10.6. The van der Waals surface area contributed by atoms with Gasteiger partial charge in [0.2, 0.25) is 0 Å². The summed E-state index contributed by atoms with van der Waals surface area (Å²) in [4.78, 5) is 2.41. The highest BCUT2D eigenvalue weighted by atomic mass is 15.1. The summed E-state index contributed by atoms with van der Waals surface area (Å²) in [7, 11) is 2.20. The first kappa shape index (κ1) is 13.9. The molecule has 2 nitrogen and oxygen atoms in total. The zero-order chi connectivity index (χ0) is 11.2. The van der Waals surface area contributed by atoms with Crippen molar-refractivity contribution in [3.63, 3.8) is 0 Å². The van der Waals surface area contributed by atoms with Crippen LogP contribution in [-0.4, -0.2) is 31.6 Å². The highest BCUT2D eigenvalue weighted by Crippen LogP contribution is 2.18. The molecule has 0 rings (SSSR count). The van der Waals surface area contributed by atoms with Crippen LogP contribution < -0.4 is 5.73 Å². The summed E-state index contributed by atoms with van der Waals surface area (Å²) < 4.78 is 0. The van der Waals surface area contributed by atoms with Crippen molar-refractivity contribution in [3.8, 4) is 0 Å². The number of nitrogens with zero attached hydrogens (tertiary/aromatic N) is 1. The van der Waals surface area contributed by atoms with Gasteiger partial charge >= 0.3 is 0 Å². The molecule has 0 aromatic carbocycles. The fourth-order valence-corrected chi connectivity index (χ4v) is 1.43. The molecule has 2 N–H and O–H groups in total. The average molecular weight is 200 g/mol. The van der Waals surface area contributed by atoms with Gasteiger partial charge in [0.25, 0.3) is 0 Å². The van der Waals surface area contributed by atoms with Gasteiger partial charge in [-0.1, -0.05) is 34.1 Å². The number of hydrogen-bond donors (Lipinski definition) is 1. The molecule has 0 amide bonds. The Morgan fingerprint density at radius 3 is 2.21 bits per heavy atom. The fraction of sp³-hybridized carbons (Fsp3) is 1.00. The van der Waals surface area contributed by atoms with E-state index < -0.39 is 0 Å². The van der Waals surface area contributed by atoms with E-state index in [9.17, 15) is 0 Å². The third-order valence-corrected chi connectivity index (χ3v) is 2.72. The lowest BCUT2D eigenvalue weighted by molar-refractivity contribution is 0.233. The van der Waals surface area contributed by atoms with Crippen molar-refractivity contribution in [2.45, 2.75) is 40.5 Å². The van der Waals surface area contributed by atoms with Crippen molar-refractivity contribution in [3.05, 3.63) is 0 Å². The summed E-state index contributed by atoms with van der Waals surface area (Å²) in [6.45, 7) is 12.2. The maximum absolute atomic E-state index is 5.69. The average Bonchev–Trinajstić information content (AvgIpc) is 2.09. The van der Waals surface area contributed by atoms with Gasteiger partial charge in [-0.25, -0.2) is 0 Å². The maximum atomic E-state index is 5.69. The molecular formula is C12H28N2. The maximum Gasteiger partial charge on any atom is 0.00186 e. The van der Waals surface area contributed by atoms with Gasteiger partial charge in [-0.15, -0.1) is 0 Å². The van der Waals surface area contributed by atoms with Crippen LogP contribution in [0.15, 0.2) is 0 Å². The van der Waals surface area contributed by atoms with E-state index in [1.165, 1.54) is 19.4 Å². The Bertz CT molecular complexity index is 134. The standard InChI is InChI=1S/C12H28N2/c1-6-11(9-13)10-14(5)8-7-12(2,3)4/h11H,6-10,13H2,1-5H3. The Morgan fingerprint density at radius 2 is 1.86 bits per heavy atom. The topological polar surface area (TPSA) is 29.3 Å². The summed E-state index contributed by atoms with van der Waals surface area (Å²) in [5.41, 5.74) is 6.13. The summed E-state index contributed by atoms with van der Waals surface area (Å²) in [6.07, 6.45) is 2.45. The summed E-state index contributed by atoms with van der Waals surface area (Å²) >= 11 is 0. The van der Waals surface area contributed by atoms with Crippen LogP contribution in [0, 0.1) is 11.3 Å². The van der Waals surface area contributed by atoms with Crippen LogP contribution >= 0.6 is 0 Å². The van der Waals surface area contributed by atoms with Crippen molar-refractivity contribution in [2.24, 2.45) is 17.1 Å². The van der Waals surface area contributed by atoms with Crippen LogP contribution in [0.4, 0.5) is 0 Å². The molecule has 0 saturated carbocycles. The Balaban J connectivity index is 3.69. The molecule has 0 saturated heterocycles. The predicted molar refractivity (Wildman–Crippen MR) is 64.4 cm³/mol. The molecule has 0 radical (unpaired) electrons. The first-order chi connectivity index (χ1) is 6.39. The van der Waals surface area contributed by atoms with Crippen LogP contribution in [0.3, 0.4) is 0 Å². The molecule has 14 heavy (non-hydrogen) atoms. The normalized spacial score (nSPS) is 14.8. The molecule has 1 unspecified atom stereocenters. The SMILES string of the molecule is CCC(CN)CN(C)CCC(C)(C)C. The largest absolute Gasteiger partial charge is 0.330 e. The van der Waals surface area contributed by atoms with Crippen LogP contribution in [-0.2, 0) is 0 Å². The predicted octanol–water partition coefficient (Wildman–Crippen LogP) is 2.34. The Kier molecular flexibility index (Phi) is 6.38. The molecule has 0 aromatic heterocycles. The summed E-state index contributed by atoms with van der Waals surface area (Å²) in [5.74, 6) is 0.667. The van der Waals surface area contributed by atoms with Crippen LogP contribution in [0.5, 0.6) is 0 Å². The van der Waals surface area contributed by atoms with E-state index in [1.54, 1.807) is 0 Å². The summed E-state index contributed by atoms with van der Waals surface area (Å²) in [5, 5.41) is 0. The molecular weight excluding hydrogens is 172 g/mol. The molecule has 0 aromatic rings. The first-order valence-corrected chi connectivity index (χ1v) is 5.77. The monoisotopic (exact) mass is 200 g/mol. The third-order valence-electron chi connectivity index (χ3n) is 2.72. The van der Waals surface area contributed by atoms with Gasteiger partial charge in [0.15, 0.2) is 0 Å². The van der Waals surface area contributed by atoms with E-state index >= 15 is 0 Å². The highest BCUT2D eigenvalue weighted by molar-refractivity contribution is 4.67. The molecule has 0 heterocycles. The van der Waals surface area contributed by atoms with Gasteiger partial charge in [0.05, 0.1) is 0 Å². The van der Waals surface area contributed by atoms with Crippen LogP contribution in [0.25, 0.3) is 0 Å². The van der Waals surface area contributed by atoms with Crippen molar-refractivity contribution in [1.82, 2.24) is 4.90 Å². The summed E-state index contributed by atoms with van der Waals surface area (Å²) in [6, 6.07) is 0. The molecule has 86 valence electrons. The molecule has 0 aliphatic rings.